The van der Waals surface area contributed by atoms with Crippen molar-refractivity contribution in [2.75, 3.05) is 19.6 Å². The first-order chi connectivity index (χ1) is 8.66. The number of hydrogen-bond acceptors (Lipinski definition) is 3. The first kappa shape index (κ1) is 13.3. The quantitative estimate of drug-likeness (QED) is 0.713. The molecule has 2 amide bonds. The van der Waals surface area contributed by atoms with Gasteiger partial charge in [0.25, 0.3) is 0 Å². The summed E-state index contributed by atoms with van der Waals surface area (Å²) in [6.07, 6.45) is 4.91. The van der Waals surface area contributed by atoms with Gasteiger partial charge in [0.05, 0.1) is 6.04 Å². The summed E-state index contributed by atoms with van der Waals surface area (Å²) in [5.41, 5.74) is 0. The smallest absolute Gasteiger partial charge is 0.239 e. The molecule has 102 valence electrons. The van der Waals surface area contributed by atoms with E-state index >= 15 is 0 Å². The highest BCUT2D eigenvalue weighted by atomic mass is 16.2. The van der Waals surface area contributed by atoms with Gasteiger partial charge in [0.2, 0.25) is 11.8 Å². The lowest BCUT2D eigenvalue weighted by Gasteiger charge is -2.21. The highest BCUT2D eigenvalue weighted by Crippen LogP contribution is 2.18. The van der Waals surface area contributed by atoms with Gasteiger partial charge in [-0.15, -0.1) is 0 Å². The van der Waals surface area contributed by atoms with Gasteiger partial charge in [-0.25, -0.2) is 0 Å². The lowest BCUT2D eigenvalue weighted by atomic mass is 10.2. The van der Waals surface area contributed by atoms with E-state index < -0.39 is 0 Å². The second-order valence-electron chi connectivity index (χ2n) is 5.30. The SMILES string of the molecule is CC(NCCC(=O)NC1CC1)C(=O)N1CCCC1. The van der Waals surface area contributed by atoms with Gasteiger partial charge >= 0.3 is 0 Å². The van der Waals surface area contributed by atoms with Crippen molar-refractivity contribution in [3.8, 4) is 0 Å². The number of likely N-dealkylation sites (tertiary alicyclic amines) is 1. The van der Waals surface area contributed by atoms with E-state index in [1.165, 1.54) is 0 Å². The number of rotatable bonds is 6. The second kappa shape index (κ2) is 6.18. The monoisotopic (exact) mass is 253 g/mol. The first-order valence-corrected chi connectivity index (χ1v) is 6.98. The molecule has 0 aromatic rings. The minimum absolute atomic E-state index is 0.0887. The molecule has 0 spiro atoms. The molecule has 2 fully saturated rings. The number of hydrogen-bond donors (Lipinski definition) is 2. The zero-order chi connectivity index (χ0) is 13.0. The predicted molar refractivity (Wildman–Crippen MR) is 69.1 cm³/mol. The van der Waals surface area contributed by atoms with Gasteiger partial charge in [-0.2, -0.15) is 0 Å². The molecule has 0 bridgehead atoms. The Morgan fingerprint density at radius 3 is 2.56 bits per heavy atom. The first-order valence-electron chi connectivity index (χ1n) is 6.98. The van der Waals surface area contributed by atoms with Crippen LogP contribution in [0.25, 0.3) is 0 Å². The van der Waals surface area contributed by atoms with Gasteiger partial charge < -0.3 is 15.5 Å². The Hall–Kier alpha value is -1.10. The highest BCUT2D eigenvalue weighted by Gasteiger charge is 2.24. The number of nitrogens with zero attached hydrogens (tertiary/aromatic N) is 1. The Morgan fingerprint density at radius 1 is 1.28 bits per heavy atom. The molecule has 1 unspecified atom stereocenters. The van der Waals surface area contributed by atoms with Gasteiger partial charge in [0, 0.05) is 32.1 Å². The second-order valence-corrected chi connectivity index (χ2v) is 5.30. The molecule has 18 heavy (non-hydrogen) atoms. The Labute approximate surface area is 108 Å². The lowest BCUT2D eigenvalue weighted by molar-refractivity contribution is -0.132. The number of amides is 2. The average Bonchev–Trinajstić information content (AvgIpc) is 2.98. The van der Waals surface area contributed by atoms with Crippen LogP contribution in [0.15, 0.2) is 0 Å². The summed E-state index contributed by atoms with van der Waals surface area (Å²) in [5, 5.41) is 6.07. The van der Waals surface area contributed by atoms with Crippen molar-refractivity contribution in [3.05, 3.63) is 0 Å². The minimum atomic E-state index is -0.183. The summed E-state index contributed by atoms with van der Waals surface area (Å²) in [6.45, 7) is 4.21. The maximum Gasteiger partial charge on any atom is 0.239 e. The molecule has 5 heteroatoms. The topological polar surface area (TPSA) is 61.4 Å². The van der Waals surface area contributed by atoms with Crippen molar-refractivity contribution in [2.24, 2.45) is 0 Å². The molecule has 1 aliphatic carbocycles. The predicted octanol–water partition coefficient (Wildman–Crippen LogP) is 0.256. The van der Waals surface area contributed by atoms with Crippen molar-refractivity contribution < 1.29 is 9.59 Å². The van der Waals surface area contributed by atoms with E-state index in [9.17, 15) is 9.59 Å². The summed E-state index contributed by atoms with van der Waals surface area (Å²) in [6, 6.07) is 0.234. The van der Waals surface area contributed by atoms with Crippen LogP contribution in [0.2, 0.25) is 0 Å². The fourth-order valence-corrected chi connectivity index (χ4v) is 2.23. The summed E-state index contributed by atoms with van der Waals surface area (Å²) in [7, 11) is 0. The zero-order valence-electron chi connectivity index (χ0n) is 11.1. The number of carbonyl (C=O) groups is 2. The lowest BCUT2D eigenvalue weighted by Crippen LogP contribution is -2.44. The van der Waals surface area contributed by atoms with Gasteiger partial charge in [-0.05, 0) is 32.6 Å². The van der Waals surface area contributed by atoms with Gasteiger partial charge in [-0.1, -0.05) is 0 Å². The van der Waals surface area contributed by atoms with Crippen molar-refractivity contribution in [2.45, 2.75) is 51.1 Å². The highest BCUT2D eigenvalue weighted by molar-refractivity contribution is 5.82. The van der Waals surface area contributed by atoms with Crippen LogP contribution < -0.4 is 10.6 Å². The van der Waals surface area contributed by atoms with Gasteiger partial charge in [-0.3, -0.25) is 9.59 Å². The standard InChI is InChI=1S/C13H23N3O2/c1-10(13(18)16-8-2-3-9-16)14-7-6-12(17)15-11-4-5-11/h10-11,14H,2-9H2,1H3,(H,15,17). The summed E-state index contributed by atoms with van der Waals surface area (Å²) < 4.78 is 0. The van der Waals surface area contributed by atoms with Crippen LogP contribution in [-0.4, -0.2) is 48.4 Å². The maximum atomic E-state index is 12.0. The van der Waals surface area contributed by atoms with Gasteiger partial charge in [0.15, 0.2) is 0 Å². The Kier molecular flexibility index (Phi) is 4.58. The Balaban J connectivity index is 1.59. The van der Waals surface area contributed by atoms with E-state index in [1.54, 1.807) is 0 Å². The minimum Gasteiger partial charge on any atom is -0.353 e. The van der Waals surface area contributed by atoms with E-state index in [4.69, 9.17) is 0 Å². The van der Waals surface area contributed by atoms with Crippen LogP contribution in [0.1, 0.15) is 39.0 Å². The van der Waals surface area contributed by atoms with Crippen molar-refractivity contribution in [1.82, 2.24) is 15.5 Å². The van der Waals surface area contributed by atoms with Crippen molar-refractivity contribution >= 4 is 11.8 Å². The van der Waals surface area contributed by atoms with E-state index in [1.807, 2.05) is 11.8 Å². The third-order valence-corrected chi connectivity index (χ3v) is 3.53. The van der Waals surface area contributed by atoms with E-state index in [2.05, 4.69) is 10.6 Å². The summed E-state index contributed by atoms with van der Waals surface area (Å²) in [4.78, 5) is 25.3. The average molecular weight is 253 g/mol. The maximum absolute atomic E-state index is 12.0. The van der Waals surface area contributed by atoms with E-state index in [-0.39, 0.29) is 17.9 Å². The number of nitrogens with one attached hydrogen (secondary N) is 2. The van der Waals surface area contributed by atoms with Crippen LogP contribution in [0, 0.1) is 0 Å². The van der Waals surface area contributed by atoms with Gasteiger partial charge in [0.1, 0.15) is 0 Å². The molecule has 0 aromatic heterocycles. The van der Waals surface area contributed by atoms with E-state index in [0.29, 0.717) is 19.0 Å². The number of carbonyl (C=O) groups excluding carboxylic acids is 2. The van der Waals surface area contributed by atoms with Crippen LogP contribution in [-0.2, 0) is 9.59 Å². The van der Waals surface area contributed by atoms with Crippen LogP contribution in [0.5, 0.6) is 0 Å². The van der Waals surface area contributed by atoms with Crippen LogP contribution in [0.4, 0.5) is 0 Å². The van der Waals surface area contributed by atoms with Crippen molar-refractivity contribution in [3.63, 3.8) is 0 Å². The summed E-state index contributed by atoms with van der Waals surface area (Å²) >= 11 is 0. The zero-order valence-corrected chi connectivity index (χ0v) is 11.1. The molecule has 2 aliphatic rings. The summed E-state index contributed by atoms with van der Waals surface area (Å²) in [5.74, 6) is 0.251. The molecule has 1 saturated heterocycles. The molecule has 2 rings (SSSR count). The Bertz CT molecular complexity index is 309. The fourth-order valence-electron chi connectivity index (χ4n) is 2.23. The van der Waals surface area contributed by atoms with Crippen LogP contribution in [0.3, 0.4) is 0 Å². The molecular formula is C13H23N3O2. The third-order valence-electron chi connectivity index (χ3n) is 3.53. The molecule has 1 saturated carbocycles. The third kappa shape index (κ3) is 3.98. The molecule has 5 nitrogen and oxygen atoms in total. The molecule has 1 atom stereocenters. The molecule has 1 aliphatic heterocycles. The fraction of sp³-hybridized carbons (Fsp3) is 0.846. The largest absolute Gasteiger partial charge is 0.353 e. The molecular weight excluding hydrogens is 230 g/mol. The molecule has 2 N–H and O–H groups in total. The molecule has 0 radical (unpaired) electrons. The molecule has 1 heterocycles. The molecule has 0 aromatic carbocycles. The normalized spacial score (nSPS) is 20.8. The Morgan fingerprint density at radius 2 is 1.94 bits per heavy atom. The van der Waals surface area contributed by atoms with Crippen LogP contribution >= 0.6 is 0 Å². The van der Waals surface area contributed by atoms with Crippen molar-refractivity contribution in [1.29, 1.82) is 0 Å². The van der Waals surface area contributed by atoms with E-state index in [0.717, 1.165) is 38.8 Å².